The van der Waals surface area contributed by atoms with Gasteiger partial charge in [-0.1, -0.05) is 65.0 Å². The van der Waals surface area contributed by atoms with Gasteiger partial charge < -0.3 is 4.74 Å². The Kier molecular flexibility index (Phi) is 6.17. The van der Waals surface area contributed by atoms with Crippen LogP contribution in [0.4, 0.5) is 4.79 Å². The van der Waals surface area contributed by atoms with Crippen molar-refractivity contribution in [3.8, 4) is 0 Å². The fraction of sp³-hybridized carbons (Fsp3) is 0.522. The van der Waals surface area contributed by atoms with Crippen LogP contribution >= 0.6 is 0 Å². The van der Waals surface area contributed by atoms with Crippen molar-refractivity contribution in [2.75, 3.05) is 0 Å². The number of hydrogen-bond acceptors (Lipinski definition) is 4. The molecule has 0 saturated heterocycles. The quantitative estimate of drug-likeness (QED) is 0.658. The van der Waals surface area contributed by atoms with E-state index in [1.165, 1.54) is 4.90 Å². The Morgan fingerprint density at radius 2 is 1.68 bits per heavy atom. The van der Waals surface area contributed by atoms with Crippen molar-refractivity contribution in [1.29, 1.82) is 0 Å². The van der Waals surface area contributed by atoms with Crippen molar-refractivity contribution in [1.82, 2.24) is 4.90 Å². The monoisotopic (exact) mass is 384 g/mol. The number of rotatable bonds is 2. The molecular formula is C23H32N2O3. The van der Waals surface area contributed by atoms with Crippen LogP contribution in [0.1, 0.15) is 61.0 Å². The van der Waals surface area contributed by atoms with E-state index in [1.807, 2.05) is 71.0 Å². The van der Waals surface area contributed by atoms with Crippen molar-refractivity contribution >= 4 is 17.7 Å². The topological polar surface area (TPSA) is 59.0 Å². The number of aliphatic imine (C=N–C) groups is 1. The van der Waals surface area contributed by atoms with Gasteiger partial charge in [-0.2, -0.15) is 0 Å². The number of benzene rings is 1. The molecule has 1 aromatic rings. The molecule has 1 aliphatic rings. The molecule has 1 aliphatic heterocycles. The van der Waals surface area contributed by atoms with E-state index in [0.717, 1.165) is 5.56 Å². The zero-order valence-corrected chi connectivity index (χ0v) is 18.2. The maximum atomic E-state index is 13.3. The van der Waals surface area contributed by atoms with E-state index in [9.17, 15) is 9.59 Å². The van der Waals surface area contributed by atoms with Gasteiger partial charge in [0.25, 0.3) is 5.91 Å². The van der Waals surface area contributed by atoms with Crippen molar-refractivity contribution < 1.29 is 14.3 Å². The summed E-state index contributed by atoms with van der Waals surface area (Å²) in [6.07, 6.45) is 1.17. The van der Waals surface area contributed by atoms with Crippen LogP contribution in [-0.2, 0) is 9.53 Å². The van der Waals surface area contributed by atoms with Crippen molar-refractivity contribution in [3.63, 3.8) is 0 Å². The molecular weight excluding hydrogens is 352 g/mol. The standard InChI is InChI=1S/C23H32N2O3/c1-15(2)19-18(16-12-10-9-11-13-16)24-17(14-22(3,4)5)20(26)25(19)21(27)28-23(6,7)8/h9-15,19H,1-8H3/b17-14-/t19-/m0/s1. The molecule has 28 heavy (non-hydrogen) atoms. The van der Waals surface area contributed by atoms with E-state index in [1.54, 1.807) is 20.8 Å². The number of imide groups is 1. The molecule has 0 fully saturated rings. The van der Waals surface area contributed by atoms with Crippen LogP contribution in [0.5, 0.6) is 0 Å². The van der Waals surface area contributed by atoms with Gasteiger partial charge in [-0.3, -0.25) is 4.79 Å². The number of carbonyl (C=O) groups excluding carboxylic acids is 2. The zero-order chi connectivity index (χ0) is 21.3. The van der Waals surface area contributed by atoms with Gasteiger partial charge in [0.2, 0.25) is 0 Å². The summed E-state index contributed by atoms with van der Waals surface area (Å²) in [6.45, 7) is 15.3. The van der Waals surface area contributed by atoms with Gasteiger partial charge in [0, 0.05) is 0 Å². The Hall–Kier alpha value is -2.43. The third-order valence-corrected chi connectivity index (χ3v) is 4.10. The third kappa shape index (κ3) is 5.31. The minimum absolute atomic E-state index is 0.0217. The summed E-state index contributed by atoms with van der Waals surface area (Å²) in [6, 6.07) is 9.19. The van der Waals surface area contributed by atoms with Crippen molar-refractivity contribution in [3.05, 3.63) is 47.7 Å². The fourth-order valence-corrected chi connectivity index (χ4v) is 3.09. The van der Waals surface area contributed by atoms with Crippen molar-refractivity contribution in [2.24, 2.45) is 16.3 Å². The second-order valence-corrected chi connectivity index (χ2v) is 9.60. The summed E-state index contributed by atoms with van der Waals surface area (Å²) < 4.78 is 5.57. The lowest BCUT2D eigenvalue weighted by atomic mass is 9.89. The van der Waals surface area contributed by atoms with E-state index in [4.69, 9.17) is 9.73 Å². The molecule has 0 aromatic heterocycles. The maximum absolute atomic E-state index is 13.3. The molecule has 2 rings (SSSR count). The number of hydrogen-bond donors (Lipinski definition) is 0. The molecule has 2 amide bonds. The van der Waals surface area contributed by atoms with Crippen LogP contribution in [0.25, 0.3) is 0 Å². The average Bonchev–Trinajstić information content (AvgIpc) is 2.53. The minimum atomic E-state index is -0.700. The minimum Gasteiger partial charge on any atom is -0.443 e. The van der Waals surface area contributed by atoms with Gasteiger partial charge in [0.05, 0.1) is 11.8 Å². The fourth-order valence-electron chi connectivity index (χ4n) is 3.09. The highest BCUT2D eigenvalue weighted by Crippen LogP contribution is 2.30. The highest BCUT2D eigenvalue weighted by Gasteiger charge is 2.43. The van der Waals surface area contributed by atoms with Crippen molar-refractivity contribution in [2.45, 2.75) is 67.0 Å². The first-order valence-corrected chi connectivity index (χ1v) is 9.73. The molecule has 0 aliphatic carbocycles. The van der Waals surface area contributed by atoms with Gasteiger partial charge in [-0.05, 0) is 43.7 Å². The smallest absolute Gasteiger partial charge is 0.418 e. The molecule has 0 unspecified atom stereocenters. The summed E-state index contributed by atoms with van der Waals surface area (Å²) >= 11 is 0. The molecule has 0 bridgehead atoms. The first-order chi connectivity index (χ1) is 12.8. The molecule has 5 nitrogen and oxygen atoms in total. The molecule has 5 heteroatoms. The maximum Gasteiger partial charge on any atom is 0.418 e. The number of allylic oxidation sites excluding steroid dienone is 1. The average molecular weight is 385 g/mol. The summed E-state index contributed by atoms with van der Waals surface area (Å²) in [7, 11) is 0. The van der Waals surface area contributed by atoms with E-state index in [-0.39, 0.29) is 17.0 Å². The van der Waals surface area contributed by atoms with E-state index in [2.05, 4.69) is 0 Å². The molecule has 152 valence electrons. The second kappa shape index (κ2) is 7.90. The Balaban J connectivity index is 2.67. The third-order valence-electron chi connectivity index (χ3n) is 4.10. The number of nitrogens with zero attached hydrogens (tertiary/aromatic N) is 2. The van der Waals surface area contributed by atoms with Crippen LogP contribution in [-0.4, -0.2) is 34.3 Å². The Morgan fingerprint density at radius 3 is 2.14 bits per heavy atom. The molecule has 0 spiro atoms. The summed E-state index contributed by atoms with van der Waals surface area (Å²) in [5.74, 6) is -0.436. The molecule has 1 heterocycles. The molecule has 1 aromatic carbocycles. The molecule has 0 radical (unpaired) electrons. The summed E-state index contributed by atoms with van der Waals surface area (Å²) in [5, 5.41) is 0. The lowest BCUT2D eigenvalue weighted by Gasteiger charge is -2.38. The first-order valence-electron chi connectivity index (χ1n) is 9.73. The van der Waals surface area contributed by atoms with Gasteiger partial charge in [-0.15, -0.1) is 0 Å². The lowest BCUT2D eigenvalue weighted by molar-refractivity contribution is -0.128. The van der Waals surface area contributed by atoms with Crippen LogP contribution in [0, 0.1) is 11.3 Å². The number of amides is 2. The summed E-state index contributed by atoms with van der Waals surface area (Å²) in [5.41, 5.74) is 0.905. The van der Waals surface area contributed by atoms with E-state index in [0.29, 0.717) is 5.71 Å². The largest absolute Gasteiger partial charge is 0.443 e. The Labute approximate surface area is 168 Å². The highest BCUT2D eigenvalue weighted by atomic mass is 16.6. The first kappa shape index (κ1) is 21.9. The Bertz CT molecular complexity index is 793. The lowest BCUT2D eigenvalue weighted by Crippen LogP contribution is -2.55. The molecule has 1 atom stereocenters. The van der Waals surface area contributed by atoms with E-state index >= 15 is 0 Å². The second-order valence-electron chi connectivity index (χ2n) is 9.60. The SMILES string of the molecule is CC(C)[C@H]1C(c2ccccc2)=N/C(=C\C(C)(C)C)C(=O)N1C(=O)OC(C)(C)C. The summed E-state index contributed by atoms with van der Waals surface area (Å²) in [4.78, 5) is 32.3. The van der Waals surface area contributed by atoms with Gasteiger partial charge >= 0.3 is 6.09 Å². The predicted octanol–water partition coefficient (Wildman–Crippen LogP) is 5.21. The molecule has 0 saturated carbocycles. The van der Waals surface area contributed by atoms with Crippen LogP contribution in [0.2, 0.25) is 0 Å². The van der Waals surface area contributed by atoms with Crippen LogP contribution < -0.4 is 0 Å². The van der Waals surface area contributed by atoms with Crippen LogP contribution in [0.3, 0.4) is 0 Å². The van der Waals surface area contributed by atoms with Gasteiger partial charge in [-0.25, -0.2) is 14.7 Å². The van der Waals surface area contributed by atoms with Crippen LogP contribution in [0.15, 0.2) is 47.1 Å². The van der Waals surface area contributed by atoms with Gasteiger partial charge in [0.15, 0.2) is 0 Å². The predicted molar refractivity (Wildman–Crippen MR) is 112 cm³/mol. The number of carbonyl (C=O) groups is 2. The van der Waals surface area contributed by atoms with E-state index < -0.39 is 23.6 Å². The number of ether oxygens (including phenoxy) is 1. The van der Waals surface area contributed by atoms with Gasteiger partial charge in [0.1, 0.15) is 11.3 Å². The Morgan fingerprint density at radius 1 is 1.11 bits per heavy atom. The highest BCUT2D eigenvalue weighted by molar-refractivity contribution is 6.16. The normalized spacial score (nSPS) is 19.8. The zero-order valence-electron chi connectivity index (χ0n) is 18.2. The molecule has 0 N–H and O–H groups in total.